The maximum absolute atomic E-state index is 14.0. The highest BCUT2D eigenvalue weighted by molar-refractivity contribution is 6.28. The Morgan fingerprint density at radius 3 is 2.14 bits per heavy atom. The van der Waals surface area contributed by atoms with Crippen LogP contribution < -0.4 is 4.90 Å². The molecule has 0 bridgehead atoms. The van der Waals surface area contributed by atoms with E-state index in [0.717, 1.165) is 49.4 Å². The van der Waals surface area contributed by atoms with Gasteiger partial charge in [0.05, 0.1) is 0 Å². The van der Waals surface area contributed by atoms with Crippen LogP contribution in [0.15, 0.2) is 132 Å². The van der Waals surface area contributed by atoms with Gasteiger partial charge in [-0.3, -0.25) is 9.69 Å². The number of rotatable bonds is 2. The van der Waals surface area contributed by atoms with Crippen LogP contribution in [-0.2, 0) is 0 Å². The number of anilines is 1. The van der Waals surface area contributed by atoms with Gasteiger partial charge in [-0.15, -0.1) is 0 Å². The molecule has 1 atom stereocenters. The first-order valence-corrected chi connectivity index (χ1v) is 14.8. The molecular weight excluding hydrogens is 542 g/mol. The van der Waals surface area contributed by atoms with Gasteiger partial charge in [0.25, 0.3) is 5.91 Å². The molecule has 206 valence electrons. The largest absolute Gasteiger partial charge is 0.456 e. The number of benzene rings is 7. The summed E-state index contributed by atoms with van der Waals surface area (Å²) >= 11 is 0. The predicted molar refractivity (Wildman–Crippen MR) is 177 cm³/mol. The van der Waals surface area contributed by atoms with E-state index in [1.54, 1.807) is 0 Å². The minimum absolute atomic E-state index is 0.215. The first-order valence-electron chi connectivity index (χ1n) is 14.8. The van der Waals surface area contributed by atoms with Crippen molar-refractivity contribution in [1.82, 2.24) is 0 Å². The number of carbonyl (C=O) groups is 1. The van der Waals surface area contributed by atoms with Gasteiger partial charge in [0.2, 0.25) is 0 Å². The van der Waals surface area contributed by atoms with E-state index in [9.17, 15) is 9.90 Å². The number of hydrogen-bond donors (Lipinski definition) is 1. The van der Waals surface area contributed by atoms with Crippen molar-refractivity contribution in [2.24, 2.45) is 0 Å². The van der Waals surface area contributed by atoms with Gasteiger partial charge in [0, 0.05) is 38.5 Å². The molecule has 2 heterocycles. The Labute approximate surface area is 252 Å². The van der Waals surface area contributed by atoms with Gasteiger partial charge in [-0.2, -0.15) is 0 Å². The minimum Gasteiger partial charge on any atom is -0.456 e. The molecule has 0 saturated carbocycles. The third-order valence-corrected chi connectivity index (χ3v) is 9.48. The predicted octanol–water partition coefficient (Wildman–Crippen LogP) is 9.86. The molecule has 7 aromatic carbocycles. The zero-order valence-corrected chi connectivity index (χ0v) is 23.4. The Kier molecular flexibility index (Phi) is 4.57. The fourth-order valence-electron chi connectivity index (χ4n) is 7.70. The average Bonchev–Trinajstić information content (AvgIpc) is 3.60. The highest BCUT2D eigenvalue weighted by atomic mass is 16.3. The second-order valence-electron chi connectivity index (χ2n) is 11.7. The number of hydrogen-bond acceptors (Lipinski definition) is 3. The second kappa shape index (κ2) is 8.44. The molecule has 1 aromatic heterocycles. The van der Waals surface area contributed by atoms with Crippen LogP contribution in [0.2, 0.25) is 0 Å². The van der Waals surface area contributed by atoms with Gasteiger partial charge in [-0.1, -0.05) is 97.1 Å². The summed E-state index contributed by atoms with van der Waals surface area (Å²) in [6, 6.07) is 42.7. The van der Waals surface area contributed by atoms with E-state index in [0.29, 0.717) is 16.8 Å². The number of fused-ring (bicyclic) bond motifs is 6. The van der Waals surface area contributed by atoms with E-state index in [1.807, 2.05) is 60.7 Å². The van der Waals surface area contributed by atoms with Crippen LogP contribution in [0.25, 0.3) is 76.9 Å². The van der Waals surface area contributed by atoms with E-state index in [2.05, 4.69) is 66.7 Å². The Morgan fingerprint density at radius 2 is 1.27 bits per heavy atom. The summed E-state index contributed by atoms with van der Waals surface area (Å²) < 4.78 is 6.52. The number of carbonyl (C=O) groups excluding carboxylic acids is 1. The molecule has 4 heteroatoms. The van der Waals surface area contributed by atoms with E-state index < -0.39 is 6.23 Å². The molecule has 2 aliphatic rings. The molecule has 0 spiro atoms. The van der Waals surface area contributed by atoms with Gasteiger partial charge in [0.1, 0.15) is 11.2 Å². The number of aliphatic hydroxyl groups excluding tert-OH is 1. The van der Waals surface area contributed by atoms with Crippen molar-refractivity contribution in [2.75, 3.05) is 4.90 Å². The van der Waals surface area contributed by atoms with Crippen LogP contribution in [0.1, 0.15) is 22.1 Å². The maximum Gasteiger partial charge on any atom is 0.261 e. The third-order valence-electron chi connectivity index (χ3n) is 9.48. The van der Waals surface area contributed by atoms with E-state index in [4.69, 9.17) is 4.42 Å². The molecule has 1 aliphatic carbocycles. The zero-order chi connectivity index (χ0) is 29.1. The fourth-order valence-corrected chi connectivity index (χ4v) is 7.70. The Balaban J connectivity index is 1.34. The monoisotopic (exact) mass is 565 g/mol. The van der Waals surface area contributed by atoms with Crippen molar-refractivity contribution in [3.05, 3.63) is 139 Å². The summed E-state index contributed by atoms with van der Waals surface area (Å²) in [6.07, 6.45) is -1.11. The quantitative estimate of drug-likeness (QED) is 0.227. The molecule has 0 saturated heterocycles. The lowest BCUT2D eigenvalue weighted by atomic mass is 9.84. The Bertz CT molecular complexity index is 2540. The molecule has 8 aromatic rings. The van der Waals surface area contributed by atoms with Gasteiger partial charge in [0.15, 0.2) is 6.23 Å². The Morgan fingerprint density at radius 1 is 0.545 bits per heavy atom. The van der Waals surface area contributed by atoms with E-state index >= 15 is 0 Å². The fraction of sp³-hybridized carbons (Fsp3) is 0.0250. The maximum atomic E-state index is 14.0. The van der Waals surface area contributed by atoms with Crippen molar-refractivity contribution in [2.45, 2.75) is 6.23 Å². The summed E-state index contributed by atoms with van der Waals surface area (Å²) in [5.74, 6) is -0.215. The summed E-state index contributed by atoms with van der Waals surface area (Å²) in [5, 5.41) is 17.9. The molecule has 1 unspecified atom stereocenters. The molecule has 1 N–H and O–H groups in total. The van der Waals surface area contributed by atoms with Gasteiger partial charge < -0.3 is 9.52 Å². The van der Waals surface area contributed by atoms with Crippen molar-refractivity contribution >= 4 is 55.1 Å². The van der Waals surface area contributed by atoms with Crippen LogP contribution in [0.3, 0.4) is 0 Å². The lowest BCUT2D eigenvalue weighted by Crippen LogP contribution is -2.38. The van der Waals surface area contributed by atoms with Crippen LogP contribution in [0.4, 0.5) is 5.69 Å². The third kappa shape index (κ3) is 2.93. The van der Waals surface area contributed by atoms with Gasteiger partial charge >= 0.3 is 0 Å². The van der Waals surface area contributed by atoms with Crippen LogP contribution in [0.5, 0.6) is 0 Å². The normalized spacial score (nSPS) is 15.2. The number of aliphatic hydroxyl groups is 1. The summed E-state index contributed by atoms with van der Waals surface area (Å²) in [7, 11) is 0. The summed E-state index contributed by atoms with van der Waals surface area (Å²) in [5.41, 5.74) is 10.4. The first kappa shape index (κ1) is 23.8. The van der Waals surface area contributed by atoms with Gasteiger partial charge in [-0.25, -0.2) is 0 Å². The topological polar surface area (TPSA) is 53.7 Å². The zero-order valence-electron chi connectivity index (χ0n) is 23.4. The number of furan rings is 1. The lowest BCUT2D eigenvalue weighted by molar-refractivity contribution is 0.0879. The lowest BCUT2D eigenvalue weighted by Gasteiger charge is -2.34. The molecule has 4 nitrogen and oxygen atoms in total. The smallest absolute Gasteiger partial charge is 0.261 e. The number of amides is 1. The molecular formula is C40H23NO3. The highest BCUT2D eigenvalue weighted by Crippen LogP contribution is 2.56. The van der Waals surface area contributed by atoms with Crippen LogP contribution in [0, 0.1) is 0 Å². The Hall–Kier alpha value is -5.71. The van der Waals surface area contributed by atoms with E-state index in [-0.39, 0.29) is 5.91 Å². The standard InChI is InChI=1S/C40H23NO3/c42-39-29-17-8-15-24-26(19-20-30(35(24)29)40(43)41(39)23-11-2-1-3-12-23)38-36-28-16-7-10-22-9-6-14-25(34(22)28)31(36)21-33-37(38)27-13-4-5-18-32(27)44-33/h1-21,39,42H. The number of nitrogens with zero attached hydrogens (tertiary/aromatic N) is 1. The van der Waals surface area contributed by atoms with Gasteiger partial charge in [-0.05, 0) is 74.3 Å². The summed E-state index contributed by atoms with van der Waals surface area (Å²) in [6.45, 7) is 0. The number of para-hydroxylation sites is 2. The molecule has 10 rings (SSSR count). The van der Waals surface area contributed by atoms with Crippen molar-refractivity contribution in [1.29, 1.82) is 0 Å². The molecule has 1 aliphatic heterocycles. The van der Waals surface area contributed by atoms with E-state index in [1.165, 1.54) is 32.4 Å². The van der Waals surface area contributed by atoms with Crippen LogP contribution >= 0.6 is 0 Å². The molecule has 0 fully saturated rings. The van der Waals surface area contributed by atoms with Crippen molar-refractivity contribution in [3.8, 4) is 33.4 Å². The SMILES string of the molecule is O=C1c2ccc(-c3c4c(cc5oc6ccccc6c35)-c3cccc5cccc-4c35)c3cccc(c23)C(O)N1c1ccccc1. The summed E-state index contributed by atoms with van der Waals surface area (Å²) in [4.78, 5) is 15.5. The minimum atomic E-state index is -1.11. The van der Waals surface area contributed by atoms with Crippen LogP contribution in [-0.4, -0.2) is 11.0 Å². The molecule has 44 heavy (non-hydrogen) atoms. The first-order chi connectivity index (χ1) is 21.7. The van der Waals surface area contributed by atoms with Crippen molar-refractivity contribution in [3.63, 3.8) is 0 Å². The molecule has 1 amide bonds. The second-order valence-corrected chi connectivity index (χ2v) is 11.7. The van der Waals surface area contributed by atoms with Crippen molar-refractivity contribution < 1.29 is 14.3 Å². The average molecular weight is 566 g/mol. The highest BCUT2D eigenvalue weighted by Gasteiger charge is 2.36. The molecule has 0 radical (unpaired) electrons.